The predicted molar refractivity (Wildman–Crippen MR) is 247 cm³/mol. The maximum atomic E-state index is 2.52. The second-order valence-electron chi connectivity index (χ2n) is 17.8. The third-order valence-corrected chi connectivity index (χ3v) is 12.0. The quantitative estimate of drug-likeness (QED) is 0.157. The van der Waals surface area contributed by atoms with Gasteiger partial charge in [0.15, 0.2) is 0 Å². The fourth-order valence-corrected chi connectivity index (χ4v) is 9.09. The molecule has 1 heteroatoms. The smallest absolute Gasteiger partial charge is 0.0717 e. The first-order valence-corrected chi connectivity index (χ1v) is 20.6. The van der Waals surface area contributed by atoms with Crippen LogP contribution in [0.5, 0.6) is 0 Å². The molecule has 0 amide bonds. The largest absolute Gasteiger partial charge is 0.310 e. The van der Waals surface area contributed by atoms with E-state index in [4.69, 9.17) is 0 Å². The highest BCUT2D eigenvalue weighted by atomic mass is 15.1. The van der Waals surface area contributed by atoms with Crippen LogP contribution in [0.2, 0.25) is 0 Å². The first kappa shape index (κ1) is 37.2. The van der Waals surface area contributed by atoms with E-state index in [9.17, 15) is 0 Å². The Morgan fingerprint density at radius 2 is 0.776 bits per heavy atom. The van der Waals surface area contributed by atoms with Crippen LogP contribution in [0.15, 0.2) is 200 Å². The molecule has 0 fully saturated rings. The number of rotatable bonds is 7. The molecule has 1 aliphatic rings. The molecule has 1 nitrogen and oxygen atoms in total. The van der Waals surface area contributed by atoms with Crippen molar-refractivity contribution in [2.24, 2.45) is 0 Å². The van der Waals surface area contributed by atoms with E-state index >= 15 is 0 Å². The molecule has 0 radical (unpaired) electrons. The van der Waals surface area contributed by atoms with Crippen LogP contribution in [-0.4, -0.2) is 0 Å². The minimum Gasteiger partial charge on any atom is -0.310 e. The lowest BCUT2D eigenvalue weighted by atomic mass is 9.63. The second-order valence-corrected chi connectivity index (χ2v) is 17.8. The fourth-order valence-electron chi connectivity index (χ4n) is 9.09. The molecule has 8 aromatic carbocycles. The molecule has 0 spiro atoms. The van der Waals surface area contributed by atoms with E-state index in [0.29, 0.717) is 0 Å². The minimum absolute atomic E-state index is 0.0193. The van der Waals surface area contributed by atoms with Gasteiger partial charge in [-0.15, -0.1) is 0 Å². The molecule has 0 atom stereocenters. The normalized spacial score (nSPS) is 13.1. The molecule has 0 unspecified atom stereocenters. The number of hydrogen-bond acceptors (Lipinski definition) is 1. The molecule has 0 saturated carbocycles. The van der Waals surface area contributed by atoms with Gasteiger partial charge in [-0.05, 0) is 114 Å². The van der Waals surface area contributed by atoms with E-state index in [1.165, 1.54) is 66.8 Å². The molecule has 58 heavy (non-hydrogen) atoms. The number of nitrogens with zero attached hydrogens (tertiary/aromatic N) is 1. The zero-order chi connectivity index (χ0) is 40.1. The summed E-state index contributed by atoms with van der Waals surface area (Å²) in [5.41, 5.74) is 18.1. The Hall–Kier alpha value is -6.44. The van der Waals surface area contributed by atoms with Crippen molar-refractivity contribution in [1.29, 1.82) is 0 Å². The number of anilines is 3. The van der Waals surface area contributed by atoms with Crippen LogP contribution >= 0.6 is 0 Å². The minimum atomic E-state index is -0.553. The van der Waals surface area contributed by atoms with E-state index in [1.54, 1.807) is 0 Å². The highest BCUT2D eigenvalue weighted by Gasteiger charge is 2.49. The van der Waals surface area contributed by atoms with Crippen LogP contribution in [0.3, 0.4) is 0 Å². The van der Waals surface area contributed by atoms with Gasteiger partial charge >= 0.3 is 0 Å². The highest BCUT2D eigenvalue weighted by Crippen LogP contribution is 2.60. The molecule has 284 valence electrons. The van der Waals surface area contributed by atoms with Gasteiger partial charge in [-0.3, -0.25) is 0 Å². The summed E-state index contributed by atoms with van der Waals surface area (Å²) in [5.74, 6) is 0. The zero-order valence-corrected chi connectivity index (χ0v) is 34.5. The fraction of sp³-hybridized carbons (Fsp3) is 0.158. The third kappa shape index (κ3) is 6.45. The lowest BCUT2D eigenvalue weighted by Gasteiger charge is -2.39. The summed E-state index contributed by atoms with van der Waals surface area (Å²) in [5, 5.41) is 0. The van der Waals surface area contributed by atoms with E-state index in [1.807, 2.05) is 0 Å². The SMILES string of the molecule is CC(C)(C)c1cc2c(c(C(C)(C)C)c1)C(c1ccccc1)(c1ccccc1)c1cc(N(c3ccc(-c4ccccc4)cc3)c3ccc(-c4ccccc4)cc3)ccc1-2. The summed E-state index contributed by atoms with van der Waals surface area (Å²) in [6.45, 7) is 14.2. The first-order valence-electron chi connectivity index (χ1n) is 20.6. The standard InChI is InChI=1S/C57H51N/c1-55(2,3)46-37-51-50-36-35-49(39-52(50)57(44-23-15-9-16-24-44,45-25-17-10-18-26-45)54(51)53(38-46)56(4,5)6)58(47-31-27-42(28-32-47)40-19-11-7-12-20-40)48-33-29-43(30-34-48)41-21-13-8-14-22-41/h7-39H,1-6H3. The Morgan fingerprint density at radius 3 is 1.21 bits per heavy atom. The Morgan fingerprint density at radius 1 is 0.362 bits per heavy atom. The Kier molecular flexibility index (Phi) is 9.29. The van der Waals surface area contributed by atoms with Gasteiger partial charge in [0.2, 0.25) is 0 Å². The highest BCUT2D eigenvalue weighted by molar-refractivity contribution is 5.91. The van der Waals surface area contributed by atoms with Crippen LogP contribution in [0.1, 0.15) is 74.9 Å². The van der Waals surface area contributed by atoms with Crippen molar-refractivity contribution < 1.29 is 0 Å². The Labute approximate surface area is 345 Å². The summed E-state index contributed by atoms with van der Waals surface area (Å²) in [6.07, 6.45) is 0. The first-order chi connectivity index (χ1) is 28.0. The molecule has 0 saturated heterocycles. The topological polar surface area (TPSA) is 3.24 Å². The molecule has 0 aliphatic heterocycles. The van der Waals surface area contributed by atoms with Crippen molar-refractivity contribution in [3.8, 4) is 33.4 Å². The van der Waals surface area contributed by atoms with Gasteiger partial charge in [0, 0.05) is 17.1 Å². The van der Waals surface area contributed by atoms with Crippen molar-refractivity contribution in [2.45, 2.75) is 57.8 Å². The summed E-state index contributed by atoms with van der Waals surface area (Å²) in [4.78, 5) is 2.43. The average molecular weight is 750 g/mol. The summed E-state index contributed by atoms with van der Waals surface area (Å²) >= 11 is 0. The predicted octanol–water partition coefficient (Wildman–Crippen LogP) is 15.4. The molecule has 1 aliphatic carbocycles. The lowest BCUT2D eigenvalue weighted by Crippen LogP contribution is -2.32. The lowest BCUT2D eigenvalue weighted by molar-refractivity contribution is 0.557. The number of hydrogen-bond donors (Lipinski definition) is 0. The molecule has 0 bridgehead atoms. The average Bonchev–Trinajstić information content (AvgIpc) is 3.55. The van der Waals surface area contributed by atoms with E-state index in [0.717, 1.165) is 17.1 Å². The maximum absolute atomic E-state index is 2.52. The molecule has 9 rings (SSSR count). The van der Waals surface area contributed by atoms with Gasteiger partial charge < -0.3 is 4.90 Å². The monoisotopic (exact) mass is 749 g/mol. The Balaban J connectivity index is 1.32. The molecular formula is C57H51N. The third-order valence-electron chi connectivity index (χ3n) is 12.0. The van der Waals surface area contributed by atoms with Crippen molar-refractivity contribution in [1.82, 2.24) is 0 Å². The van der Waals surface area contributed by atoms with E-state index < -0.39 is 5.41 Å². The molecule has 8 aromatic rings. The zero-order valence-electron chi connectivity index (χ0n) is 34.5. The summed E-state index contributed by atoms with van der Waals surface area (Å²) < 4.78 is 0. The number of fused-ring (bicyclic) bond motifs is 3. The van der Waals surface area contributed by atoms with Gasteiger partial charge in [-0.2, -0.15) is 0 Å². The van der Waals surface area contributed by atoms with Crippen LogP contribution in [0, 0.1) is 0 Å². The molecule has 0 aromatic heterocycles. The molecule has 0 heterocycles. The number of benzene rings is 8. The van der Waals surface area contributed by atoms with Crippen LogP contribution in [0.4, 0.5) is 17.1 Å². The molecule has 0 N–H and O–H groups in total. The van der Waals surface area contributed by atoms with E-state index in [2.05, 4.69) is 247 Å². The summed E-state index contributed by atoms with van der Waals surface area (Å²) in [7, 11) is 0. The van der Waals surface area contributed by atoms with Crippen molar-refractivity contribution in [3.05, 3.63) is 234 Å². The van der Waals surface area contributed by atoms with Crippen molar-refractivity contribution >= 4 is 17.1 Å². The van der Waals surface area contributed by atoms with E-state index in [-0.39, 0.29) is 10.8 Å². The van der Waals surface area contributed by atoms with Crippen LogP contribution < -0.4 is 4.90 Å². The maximum Gasteiger partial charge on any atom is 0.0717 e. The molecular weight excluding hydrogens is 699 g/mol. The van der Waals surface area contributed by atoms with Crippen molar-refractivity contribution in [3.63, 3.8) is 0 Å². The van der Waals surface area contributed by atoms with Gasteiger partial charge in [0.25, 0.3) is 0 Å². The van der Waals surface area contributed by atoms with Crippen molar-refractivity contribution in [2.75, 3.05) is 4.90 Å². The van der Waals surface area contributed by atoms with Crippen LogP contribution in [0.25, 0.3) is 33.4 Å². The van der Waals surface area contributed by atoms with Gasteiger partial charge in [0.05, 0.1) is 5.41 Å². The van der Waals surface area contributed by atoms with Gasteiger partial charge in [-0.1, -0.05) is 205 Å². The Bertz CT molecular complexity index is 2560. The van der Waals surface area contributed by atoms with Crippen LogP contribution in [-0.2, 0) is 16.2 Å². The second kappa shape index (κ2) is 14.5. The van der Waals surface area contributed by atoms with Gasteiger partial charge in [-0.25, -0.2) is 0 Å². The van der Waals surface area contributed by atoms with Gasteiger partial charge in [0.1, 0.15) is 0 Å². The summed E-state index contributed by atoms with van der Waals surface area (Å²) in [6, 6.07) is 74.1.